The minimum atomic E-state index is -1.25. The second-order valence-corrected chi connectivity index (χ2v) is 10.4. The lowest BCUT2D eigenvalue weighted by atomic mass is 9.98. The van der Waals surface area contributed by atoms with Crippen molar-refractivity contribution in [3.05, 3.63) is 82.4 Å². The number of benzene rings is 2. The fourth-order valence-corrected chi connectivity index (χ4v) is 5.85. The molecule has 2 heterocycles. The van der Waals surface area contributed by atoms with E-state index in [0.29, 0.717) is 35.0 Å². The van der Waals surface area contributed by atoms with Gasteiger partial charge in [-0.2, -0.15) is 0 Å². The van der Waals surface area contributed by atoms with E-state index in [9.17, 15) is 23.8 Å². The molecule has 2 aliphatic carbocycles. The van der Waals surface area contributed by atoms with E-state index in [2.05, 4.69) is 37.4 Å². The number of aliphatic hydroxyl groups is 2. The van der Waals surface area contributed by atoms with Gasteiger partial charge in [0, 0.05) is 30.1 Å². The van der Waals surface area contributed by atoms with Crippen LogP contribution in [0.5, 0.6) is 0 Å². The summed E-state index contributed by atoms with van der Waals surface area (Å²) in [5.74, 6) is 3.29. The van der Waals surface area contributed by atoms with Crippen molar-refractivity contribution in [3.63, 3.8) is 0 Å². The van der Waals surface area contributed by atoms with Gasteiger partial charge >= 0.3 is 0 Å². The third-order valence-corrected chi connectivity index (χ3v) is 7.89. The molecule has 6 rings (SSSR count). The van der Waals surface area contributed by atoms with Crippen LogP contribution in [0, 0.1) is 34.8 Å². The third kappa shape index (κ3) is 4.25. The zero-order valence-corrected chi connectivity index (χ0v) is 21.8. The molecule has 12 heteroatoms. The Labute approximate surface area is 232 Å². The van der Waals surface area contributed by atoms with Crippen molar-refractivity contribution < 1.29 is 23.8 Å². The van der Waals surface area contributed by atoms with Gasteiger partial charge < -0.3 is 25.4 Å². The van der Waals surface area contributed by atoms with Gasteiger partial charge in [0.1, 0.15) is 6.10 Å². The minimum absolute atomic E-state index is 0.0639. The first-order chi connectivity index (χ1) is 19.2. The summed E-state index contributed by atoms with van der Waals surface area (Å²) in [6, 6.07) is 9.92. The molecule has 2 aromatic heterocycles. The number of carbonyl (C=O) groups is 1. The maximum Gasteiger partial charge on any atom is 0.229 e. The van der Waals surface area contributed by atoms with Crippen LogP contribution in [0.25, 0.3) is 11.2 Å². The molecule has 204 valence electrons. The zero-order chi connectivity index (χ0) is 28.2. The summed E-state index contributed by atoms with van der Waals surface area (Å²) in [7, 11) is 1.49. The van der Waals surface area contributed by atoms with Crippen molar-refractivity contribution in [3.8, 4) is 11.8 Å². The van der Waals surface area contributed by atoms with E-state index >= 15 is 0 Å². The lowest BCUT2D eigenvalue weighted by Gasteiger charge is -2.23. The maximum atomic E-state index is 13.7. The monoisotopic (exact) mass is 564 g/mol. The lowest BCUT2D eigenvalue weighted by Crippen LogP contribution is -2.41. The fraction of sp³-hybridized carbons (Fsp3) is 0.286. The van der Waals surface area contributed by atoms with Crippen molar-refractivity contribution >= 4 is 34.5 Å². The second-order valence-electron chi connectivity index (χ2n) is 9.94. The van der Waals surface area contributed by atoms with E-state index in [1.54, 1.807) is 16.7 Å². The van der Waals surface area contributed by atoms with Gasteiger partial charge in [0.05, 0.1) is 23.9 Å². The van der Waals surface area contributed by atoms with Gasteiger partial charge in [-0.1, -0.05) is 29.7 Å². The number of halogens is 3. The van der Waals surface area contributed by atoms with Gasteiger partial charge in [-0.15, -0.1) is 0 Å². The van der Waals surface area contributed by atoms with Crippen molar-refractivity contribution in [1.82, 2.24) is 24.8 Å². The van der Waals surface area contributed by atoms with E-state index in [0.717, 1.165) is 17.7 Å². The van der Waals surface area contributed by atoms with Crippen molar-refractivity contribution in [2.75, 3.05) is 12.4 Å². The molecule has 1 amide bonds. The molecular formula is C28H23ClF2N6O3. The number of hydrogen-bond acceptors (Lipinski definition) is 7. The largest absolute Gasteiger partial charge is 0.389 e. The van der Waals surface area contributed by atoms with Crippen LogP contribution in [0.1, 0.15) is 29.4 Å². The van der Waals surface area contributed by atoms with E-state index in [4.69, 9.17) is 11.6 Å². The molecule has 4 N–H and O–H groups in total. The minimum Gasteiger partial charge on any atom is -0.389 e. The standard InChI is InChI=1S/C28H23ClF2N6O3/c1-32-27(40)28-11-17(28)22(23(38)24(28)39)37-13-34-21-25(33-12-15-3-2-4-16(29)9-15)35-20(36-26(21)37)8-6-14-5-7-18(30)19(31)10-14/h2-5,7,9-10,13,17,22-24,38-39H,11-12H2,1H3,(H,32,40)(H,33,35,36)/t17?,22-,23+,24+,28+/m1/s1. The molecular weight excluding hydrogens is 542 g/mol. The van der Waals surface area contributed by atoms with Crippen LogP contribution >= 0.6 is 11.6 Å². The SMILES string of the molecule is CNC(=O)[C@@]12CC1[C@@H](n1cnc3c(NCc4cccc(Cl)c4)nc(C#Cc4ccc(F)c(F)c4)nc31)[C@H](O)[C@@H]2O. The molecule has 2 saturated carbocycles. The van der Waals surface area contributed by atoms with Gasteiger partial charge in [0.25, 0.3) is 0 Å². The van der Waals surface area contributed by atoms with Crippen LogP contribution in [0.4, 0.5) is 14.6 Å². The number of aliphatic hydroxyl groups excluding tert-OH is 2. The van der Waals surface area contributed by atoms with Crippen LogP contribution < -0.4 is 10.6 Å². The molecule has 1 unspecified atom stereocenters. The first kappa shape index (κ1) is 26.1. The number of nitrogens with one attached hydrogen (secondary N) is 2. The van der Waals surface area contributed by atoms with Crippen LogP contribution in [0.3, 0.4) is 0 Å². The quantitative estimate of drug-likeness (QED) is 0.275. The van der Waals surface area contributed by atoms with E-state index in [1.807, 2.05) is 12.1 Å². The Hall–Kier alpha value is -4.11. The predicted octanol–water partition coefficient (Wildman–Crippen LogP) is 2.80. The molecule has 40 heavy (non-hydrogen) atoms. The summed E-state index contributed by atoms with van der Waals surface area (Å²) in [4.78, 5) is 26.2. The number of fused-ring (bicyclic) bond motifs is 2. The highest BCUT2D eigenvalue weighted by atomic mass is 35.5. The summed E-state index contributed by atoms with van der Waals surface area (Å²) < 4.78 is 28.7. The maximum absolute atomic E-state index is 13.7. The molecule has 5 atom stereocenters. The topological polar surface area (TPSA) is 125 Å². The van der Waals surface area contributed by atoms with Gasteiger partial charge in [-0.25, -0.2) is 23.7 Å². The molecule has 0 spiro atoms. The number of aromatic nitrogens is 4. The molecule has 2 aliphatic rings. The van der Waals surface area contributed by atoms with Crippen LogP contribution in [0.2, 0.25) is 5.02 Å². The average Bonchev–Trinajstić information content (AvgIpc) is 3.48. The predicted molar refractivity (Wildman–Crippen MR) is 142 cm³/mol. The highest BCUT2D eigenvalue weighted by Crippen LogP contribution is 2.67. The Morgan fingerprint density at radius 1 is 1.18 bits per heavy atom. The Morgan fingerprint density at radius 3 is 2.75 bits per heavy atom. The molecule has 0 bridgehead atoms. The number of nitrogens with zero attached hydrogens (tertiary/aromatic N) is 4. The zero-order valence-electron chi connectivity index (χ0n) is 21.1. The molecule has 0 aliphatic heterocycles. The molecule has 2 fully saturated rings. The second kappa shape index (κ2) is 9.82. The van der Waals surface area contributed by atoms with Crippen LogP contribution in [-0.4, -0.2) is 54.9 Å². The van der Waals surface area contributed by atoms with Crippen molar-refractivity contribution in [2.45, 2.75) is 31.2 Å². The average molecular weight is 565 g/mol. The molecule has 4 aromatic rings. The Bertz CT molecular complexity index is 1720. The van der Waals surface area contributed by atoms with Crippen molar-refractivity contribution in [2.24, 2.45) is 11.3 Å². The van der Waals surface area contributed by atoms with E-state index in [1.165, 1.54) is 19.4 Å². The lowest BCUT2D eigenvalue weighted by molar-refractivity contribution is -0.132. The normalized spacial score (nSPS) is 24.8. The fourth-order valence-electron chi connectivity index (χ4n) is 5.64. The number of anilines is 1. The number of rotatable bonds is 5. The number of hydrogen-bond donors (Lipinski definition) is 4. The van der Waals surface area contributed by atoms with Gasteiger partial charge in [0.2, 0.25) is 11.7 Å². The van der Waals surface area contributed by atoms with Gasteiger partial charge in [-0.3, -0.25) is 4.79 Å². The Balaban J connectivity index is 1.42. The summed E-state index contributed by atoms with van der Waals surface area (Å²) in [5.41, 5.74) is 0.753. The molecule has 0 radical (unpaired) electrons. The highest BCUT2D eigenvalue weighted by Gasteiger charge is 2.75. The summed E-state index contributed by atoms with van der Waals surface area (Å²) in [6.07, 6.45) is -0.587. The number of amides is 1. The third-order valence-electron chi connectivity index (χ3n) is 7.65. The van der Waals surface area contributed by atoms with E-state index in [-0.39, 0.29) is 23.2 Å². The van der Waals surface area contributed by atoms with E-state index < -0.39 is 35.3 Å². The summed E-state index contributed by atoms with van der Waals surface area (Å²) in [5, 5.41) is 28.2. The first-order valence-corrected chi connectivity index (χ1v) is 12.9. The molecule has 2 aromatic carbocycles. The van der Waals surface area contributed by atoms with Crippen LogP contribution in [0.15, 0.2) is 48.8 Å². The Morgan fingerprint density at radius 2 is 2.00 bits per heavy atom. The molecule has 0 saturated heterocycles. The van der Waals surface area contributed by atoms with Gasteiger partial charge in [0.15, 0.2) is 28.6 Å². The highest BCUT2D eigenvalue weighted by molar-refractivity contribution is 6.30. The van der Waals surface area contributed by atoms with Crippen molar-refractivity contribution in [1.29, 1.82) is 0 Å². The first-order valence-electron chi connectivity index (χ1n) is 12.5. The smallest absolute Gasteiger partial charge is 0.229 e. The molecule has 9 nitrogen and oxygen atoms in total. The van der Waals surface area contributed by atoms with Gasteiger partial charge in [-0.05, 0) is 48.2 Å². The number of imidazole rings is 1. The Kier molecular flexibility index (Phi) is 6.41. The van der Waals surface area contributed by atoms with Crippen LogP contribution in [-0.2, 0) is 11.3 Å². The number of carbonyl (C=O) groups excluding carboxylic acids is 1. The summed E-state index contributed by atoms with van der Waals surface area (Å²) in [6.45, 7) is 0.350. The summed E-state index contributed by atoms with van der Waals surface area (Å²) >= 11 is 6.12.